The molecule has 3 aromatic heterocycles. The van der Waals surface area contributed by atoms with Crippen molar-refractivity contribution in [3.05, 3.63) is 116 Å². The van der Waals surface area contributed by atoms with E-state index in [1.165, 1.54) is 44.5 Å². The van der Waals surface area contributed by atoms with Gasteiger partial charge in [0, 0.05) is 36.1 Å². The molecule has 0 aliphatic rings. The Hall–Kier alpha value is -4.78. The van der Waals surface area contributed by atoms with Gasteiger partial charge in [0.05, 0.1) is 12.2 Å². The van der Waals surface area contributed by atoms with Gasteiger partial charge in [-0.2, -0.15) is 0 Å². The number of nitrogens with one attached hydrogen (secondary N) is 2. The lowest BCUT2D eigenvalue weighted by Crippen LogP contribution is -2.18. The van der Waals surface area contributed by atoms with Gasteiger partial charge in [-0.1, -0.05) is 39.0 Å². The second-order valence-electron chi connectivity index (χ2n) is 12.0. The largest absolute Gasteiger partial charge is 0.506 e. The summed E-state index contributed by atoms with van der Waals surface area (Å²) in [6, 6.07) is 17.8. The smallest absolute Gasteiger partial charge is 0.141 e. The Morgan fingerprint density at radius 1 is 0.652 bits per heavy atom. The van der Waals surface area contributed by atoms with Crippen molar-refractivity contribution in [3.8, 4) is 5.75 Å². The molecule has 0 aliphatic heterocycles. The molecule has 7 nitrogen and oxygen atoms in total. The van der Waals surface area contributed by atoms with Gasteiger partial charge in [0.15, 0.2) is 0 Å². The van der Waals surface area contributed by atoms with Crippen molar-refractivity contribution >= 4 is 28.8 Å². The average molecular weight is 615 g/mol. The van der Waals surface area contributed by atoms with Crippen LogP contribution in [-0.2, 0) is 38.9 Å². The highest BCUT2D eigenvalue weighted by molar-refractivity contribution is 5.88. The molecule has 0 bridgehead atoms. The fourth-order valence-electron chi connectivity index (χ4n) is 6.66. The summed E-state index contributed by atoms with van der Waals surface area (Å²) in [5.41, 5.74) is 13.7. The van der Waals surface area contributed by atoms with Crippen LogP contribution < -0.4 is 10.6 Å². The summed E-state index contributed by atoms with van der Waals surface area (Å²) in [6.07, 6.45) is 4.54. The molecule has 2 aromatic carbocycles. The molecule has 0 fully saturated rings. The van der Waals surface area contributed by atoms with Crippen LogP contribution in [0.15, 0.2) is 59.6 Å². The zero-order chi connectivity index (χ0) is 32.8. The van der Waals surface area contributed by atoms with Crippen LogP contribution in [0.2, 0.25) is 0 Å². The topological polar surface area (TPSA) is 95.3 Å². The van der Waals surface area contributed by atoms with Gasteiger partial charge in [-0.3, -0.25) is 4.99 Å². The molecule has 0 amide bonds. The number of aromatic nitrogens is 3. The number of para-hydroxylation sites is 1. The van der Waals surface area contributed by atoms with Gasteiger partial charge in [-0.05, 0) is 128 Å². The van der Waals surface area contributed by atoms with E-state index in [4.69, 9.17) is 15.0 Å². The summed E-state index contributed by atoms with van der Waals surface area (Å²) in [4.78, 5) is 19.2. The molecule has 0 aliphatic carbocycles. The van der Waals surface area contributed by atoms with Crippen LogP contribution >= 0.6 is 0 Å². The van der Waals surface area contributed by atoms with E-state index in [0.29, 0.717) is 25.2 Å². The van der Waals surface area contributed by atoms with Gasteiger partial charge in [-0.25, -0.2) is 15.0 Å². The van der Waals surface area contributed by atoms with E-state index < -0.39 is 0 Å². The summed E-state index contributed by atoms with van der Waals surface area (Å²) in [5, 5.41) is 18.6. The van der Waals surface area contributed by atoms with Crippen LogP contribution in [0.1, 0.15) is 82.4 Å². The minimum Gasteiger partial charge on any atom is -0.506 e. The van der Waals surface area contributed by atoms with E-state index in [2.05, 4.69) is 74.5 Å². The maximum absolute atomic E-state index is 10.3. The number of fused-ring (bicyclic) bond motifs is 1. The number of aliphatic imine (C=N–C) groups is 1. The Kier molecular flexibility index (Phi) is 10.3. The molecular weight excluding hydrogens is 568 g/mol. The van der Waals surface area contributed by atoms with E-state index in [9.17, 15) is 5.11 Å². The average Bonchev–Trinajstić information content (AvgIpc) is 3.02. The number of rotatable bonds is 12. The van der Waals surface area contributed by atoms with Gasteiger partial charge in [0.1, 0.15) is 22.9 Å². The van der Waals surface area contributed by atoms with Crippen molar-refractivity contribution in [1.29, 1.82) is 0 Å². The third-order valence-corrected chi connectivity index (χ3v) is 8.53. The minimum atomic E-state index is 0.176. The van der Waals surface area contributed by atoms with Crippen LogP contribution in [-0.4, -0.2) is 26.3 Å². The molecule has 5 rings (SSSR count). The lowest BCUT2D eigenvalue weighted by atomic mass is 9.83. The van der Waals surface area contributed by atoms with Crippen LogP contribution in [0.5, 0.6) is 5.75 Å². The van der Waals surface area contributed by atoms with Gasteiger partial charge >= 0.3 is 0 Å². The summed E-state index contributed by atoms with van der Waals surface area (Å²) in [5.74, 6) is 1.96. The molecule has 0 saturated carbocycles. The van der Waals surface area contributed by atoms with E-state index in [-0.39, 0.29) is 5.75 Å². The van der Waals surface area contributed by atoms with Crippen molar-refractivity contribution in [1.82, 2.24) is 15.0 Å². The van der Waals surface area contributed by atoms with E-state index in [1.807, 2.05) is 44.3 Å². The van der Waals surface area contributed by atoms with Crippen LogP contribution in [0.4, 0.5) is 11.6 Å². The third-order valence-electron chi connectivity index (χ3n) is 8.53. The second-order valence-corrected chi connectivity index (χ2v) is 12.0. The van der Waals surface area contributed by atoms with E-state index in [1.54, 1.807) is 6.07 Å². The Balaban J connectivity index is 1.57. The third kappa shape index (κ3) is 7.36. The van der Waals surface area contributed by atoms with Crippen LogP contribution in [0.3, 0.4) is 0 Å². The van der Waals surface area contributed by atoms with Crippen LogP contribution in [0, 0.1) is 27.7 Å². The standard InChI is InChI=1S/C39H46N6O/c1-8-30-33(21-40-20-29-15-14-28-12-11-13-36(46)39(28)45-29)31(9-2)35(23-42-38-19-25(5)17-27(7)44-38)32(10-3)34(30)22-41-37-18-24(4)16-26(6)43-37/h11-20,46H,8-10,21-23H2,1-7H3,(H,41,43)(H,42,44). The molecule has 0 unspecified atom stereocenters. The summed E-state index contributed by atoms with van der Waals surface area (Å²) in [6.45, 7) is 16.9. The molecule has 238 valence electrons. The number of phenols is 1. The number of aryl methyl sites for hydroxylation is 4. The first-order valence-corrected chi connectivity index (χ1v) is 16.3. The predicted molar refractivity (Wildman–Crippen MR) is 191 cm³/mol. The van der Waals surface area contributed by atoms with Crippen molar-refractivity contribution in [2.45, 2.75) is 87.4 Å². The number of hydrogen-bond acceptors (Lipinski definition) is 7. The first-order valence-electron chi connectivity index (χ1n) is 16.3. The molecule has 0 saturated heterocycles. The number of pyridine rings is 3. The molecule has 0 spiro atoms. The van der Waals surface area contributed by atoms with Crippen molar-refractivity contribution in [2.24, 2.45) is 4.99 Å². The van der Waals surface area contributed by atoms with Gasteiger partial charge in [0.2, 0.25) is 0 Å². The number of aromatic hydroxyl groups is 1. The normalized spacial score (nSPS) is 11.5. The molecule has 46 heavy (non-hydrogen) atoms. The summed E-state index contributed by atoms with van der Waals surface area (Å²) < 4.78 is 0. The minimum absolute atomic E-state index is 0.176. The molecular formula is C39H46N6O. The molecule has 3 heterocycles. The SMILES string of the molecule is CCc1c(CN=Cc2ccc3cccc(O)c3n2)c(CC)c(CNc2cc(C)cc(C)n2)c(CC)c1CNc1cc(C)cc(C)n1. The monoisotopic (exact) mass is 614 g/mol. The molecule has 5 aromatic rings. The number of hydrogen-bond donors (Lipinski definition) is 3. The highest BCUT2D eigenvalue weighted by atomic mass is 16.3. The Labute approximate surface area is 273 Å². The lowest BCUT2D eigenvalue weighted by molar-refractivity contribution is 0.480. The fourth-order valence-corrected chi connectivity index (χ4v) is 6.66. The van der Waals surface area contributed by atoms with Crippen molar-refractivity contribution in [2.75, 3.05) is 10.6 Å². The summed E-state index contributed by atoms with van der Waals surface area (Å²) in [7, 11) is 0. The number of benzene rings is 2. The number of nitrogens with zero attached hydrogens (tertiary/aromatic N) is 4. The fraction of sp³-hybridized carbons (Fsp3) is 0.333. The highest BCUT2D eigenvalue weighted by Gasteiger charge is 2.21. The molecule has 0 radical (unpaired) electrons. The zero-order valence-electron chi connectivity index (χ0n) is 28.3. The van der Waals surface area contributed by atoms with Crippen molar-refractivity contribution < 1.29 is 5.11 Å². The van der Waals surface area contributed by atoms with Gasteiger partial charge in [-0.15, -0.1) is 0 Å². The Morgan fingerprint density at radius 2 is 1.20 bits per heavy atom. The predicted octanol–water partition coefficient (Wildman–Crippen LogP) is 8.49. The van der Waals surface area contributed by atoms with Gasteiger partial charge < -0.3 is 15.7 Å². The Morgan fingerprint density at radius 3 is 1.72 bits per heavy atom. The number of phenolic OH excluding ortho intramolecular Hbond substituents is 1. The maximum Gasteiger partial charge on any atom is 0.141 e. The number of anilines is 2. The maximum atomic E-state index is 10.3. The van der Waals surface area contributed by atoms with E-state index in [0.717, 1.165) is 53.4 Å². The van der Waals surface area contributed by atoms with Crippen molar-refractivity contribution in [3.63, 3.8) is 0 Å². The molecule has 3 N–H and O–H groups in total. The first kappa shape index (κ1) is 32.6. The quantitative estimate of drug-likeness (QED) is 0.122. The Bertz CT molecular complexity index is 1770. The zero-order valence-corrected chi connectivity index (χ0v) is 28.3. The van der Waals surface area contributed by atoms with Crippen LogP contribution in [0.25, 0.3) is 10.9 Å². The first-order chi connectivity index (χ1) is 22.2. The second kappa shape index (κ2) is 14.5. The lowest BCUT2D eigenvalue weighted by Gasteiger charge is -2.26. The van der Waals surface area contributed by atoms with Gasteiger partial charge in [0.25, 0.3) is 0 Å². The summed E-state index contributed by atoms with van der Waals surface area (Å²) >= 11 is 0. The highest BCUT2D eigenvalue weighted by Crippen LogP contribution is 2.33. The van der Waals surface area contributed by atoms with E-state index >= 15 is 0 Å². The molecule has 0 atom stereocenters. The molecule has 7 heteroatoms.